The minimum atomic E-state index is -3.66. The Morgan fingerprint density at radius 1 is 1.18 bits per heavy atom. The van der Waals surface area contributed by atoms with Gasteiger partial charge >= 0.3 is 0 Å². The summed E-state index contributed by atoms with van der Waals surface area (Å²) in [6.45, 7) is 7.22. The molecule has 120 valence electrons. The molecule has 0 unspecified atom stereocenters. The molecular weight excluding hydrogens is 304 g/mol. The monoisotopic (exact) mass is 324 g/mol. The van der Waals surface area contributed by atoms with E-state index in [0.29, 0.717) is 5.69 Å². The molecule has 2 rings (SSSR count). The van der Waals surface area contributed by atoms with Crippen molar-refractivity contribution >= 4 is 10.0 Å². The number of aryl methyl sites for hydroxylation is 4. The molecule has 0 aliphatic heterocycles. The topological polar surface area (TPSA) is 81.4 Å². The molecule has 0 saturated heterocycles. The third-order valence-corrected chi connectivity index (χ3v) is 5.19. The van der Waals surface area contributed by atoms with Gasteiger partial charge in [0, 0.05) is 6.54 Å². The average molecular weight is 324 g/mol. The second kappa shape index (κ2) is 6.10. The van der Waals surface area contributed by atoms with Gasteiger partial charge in [0.2, 0.25) is 10.0 Å². The van der Waals surface area contributed by atoms with Gasteiger partial charge in [-0.25, -0.2) is 13.1 Å². The van der Waals surface area contributed by atoms with Gasteiger partial charge in [0.05, 0.1) is 7.11 Å². The van der Waals surface area contributed by atoms with Crippen molar-refractivity contribution in [2.45, 2.75) is 39.1 Å². The standard InChI is InChI=1S/C15H20N2O4S/c1-9-7-14(20-5)10(2)6-13(9)8-16-22(18,19)15-11(3)17-21-12(15)4/h6-7,16H,8H2,1-5H3. The molecule has 6 nitrogen and oxygen atoms in total. The quantitative estimate of drug-likeness (QED) is 0.913. The number of benzene rings is 1. The molecule has 0 aliphatic carbocycles. The van der Waals surface area contributed by atoms with Crippen LogP contribution in [0.3, 0.4) is 0 Å². The van der Waals surface area contributed by atoms with Crippen molar-refractivity contribution in [1.82, 2.24) is 9.88 Å². The number of hydrogen-bond acceptors (Lipinski definition) is 5. The molecule has 1 aromatic carbocycles. The van der Waals surface area contributed by atoms with Gasteiger partial charge in [-0.15, -0.1) is 0 Å². The second-order valence-electron chi connectivity index (χ2n) is 5.23. The number of nitrogens with one attached hydrogen (secondary N) is 1. The summed E-state index contributed by atoms with van der Waals surface area (Å²) < 4.78 is 37.6. The Bertz CT molecular complexity index is 775. The Balaban J connectivity index is 2.25. The van der Waals surface area contributed by atoms with Gasteiger partial charge in [-0.2, -0.15) is 0 Å². The van der Waals surface area contributed by atoms with Crippen molar-refractivity contribution in [2.75, 3.05) is 7.11 Å². The van der Waals surface area contributed by atoms with E-state index in [-0.39, 0.29) is 17.2 Å². The van der Waals surface area contributed by atoms with Crippen LogP contribution < -0.4 is 9.46 Å². The fraction of sp³-hybridized carbons (Fsp3) is 0.400. The summed E-state index contributed by atoms with van der Waals surface area (Å²) in [5.41, 5.74) is 3.17. The first-order valence-electron chi connectivity index (χ1n) is 6.83. The van der Waals surface area contributed by atoms with E-state index in [9.17, 15) is 8.42 Å². The van der Waals surface area contributed by atoms with Crippen LogP contribution in [0.25, 0.3) is 0 Å². The zero-order chi connectivity index (χ0) is 16.5. The Kier molecular flexibility index (Phi) is 4.58. The summed E-state index contributed by atoms with van der Waals surface area (Å²) in [5.74, 6) is 1.07. The summed E-state index contributed by atoms with van der Waals surface area (Å²) in [4.78, 5) is 0.107. The van der Waals surface area contributed by atoms with Crippen LogP contribution in [0.15, 0.2) is 21.6 Å². The second-order valence-corrected chi connectivity index (χ2v) is 6.93. The average Bonchev–Trinajstić information content (AvgIpc) is 2.79. The Morgan fingerprint density at radius 3 is 2.41 bits per heavy atom. The lowest BCUT2D eigenvalue weighted by Gasteiger charge is -2.12. The number of sulfonamides is 1. The van der Waals surface area contributed by atoms with Crippen molar-refractivity contribution in [2.24, 2.45) is 0 Å². The minimum Gasteiger partial charge on any atom is -0.496 e. The maximum atomic E-state index is 12.4. The van der Waals surface area contributed by atoms with Gasteiger partial charge < -0.3 is 9.26 Å². The SMILES string of the molecule is COc1cc(C)c(CNS(=O)(=O)c2c(C)noc2C)cc1C. The fourth-order valence-corrected chi connectivity index (χ4v) is 3.69. The summed E-state index contributed by atoms with van der Waals surface area (Å²) >= 11 is 0. The van der Waals surface area contributed by atoms with Gasteiger partial charge in [-0.3, -0.25) is 0 Å². The number of nitrogens with zero attached hydrogens (tertiary/aromatic N) is 1. The first kappa shape index (κ1) is 16.5. The number of methoxy groups -OCH3 is 1. The van der Waals surface area contributed by atoms with Crippen LogP contribution in [0.5, 0.6) is 5.75 Å². The van der Waals surface area contributed by atoms with Crippen LogP contribution in [-0.2, 0) is 16.6 Å². The molecule has 0 atom stereocenters. The molecule has 1 N–H and O–H groups in total. The summed E-state index contributed by atoms with van der Waals surface area (Å²) in [6, 6.07) is 3.82. The molecule has 0 bridgehead atoms. The van der Waals surface area contributed by atoms with E-state index in [1.165, 1.54) is 0 Å². The molecule has 2 aromatic rings. The third kappa shape index (κ3) is 3.15. The maximum absolute atomic E-state index is 12.4. The number of rotatable bonds is 5. The maximum Gasteiger partial charge on any atom is 0.246 e. The Labute approximate surface area is 130 Å². The van der Waals surface area contributed by atoms with E-state index >= 15 is 0 Å². The van der Waals surface area contributed by atoms with Gasteiger partial charge in [0.1, 0.15) is 16.3 Å². The normalized spacial score (nSPS) is 11.7. The first-order valence-corrected chi connectivity index (χ1v) is 8.31. The zero-order valence-electron chi connectivity index (χ0n) is 13.4. The van der Waals surface area contributed by atoms with E-state index < -0.39 is 10.0 Å². The smallest absolute Gasteiger partial charge is 0.246 e. The van der Waals surface area contributed by atoms with Crippen molar-refractivity contribution < 1.29 is 17.7 Å². The van der Waals surface area contributed by atoms with Crippen LogP contribution >= 0.6 is 0 Å². The lowest BCUT2D eigenvalue weighted by atomic mass is 10.0. The molecule has 1 aromatic heterocycles. The molecular formula is C15H20N2O4S. The van der Waals surface area contributed by atoms with Crippen LogP contribution in [0.1, 0.15) is 28.1 Å². The zero-order valence-corrected chi connectivity index (χ0v) is 14.2. The highest BCUT2D eigenvalue weighted by Crippen LogP contribution is 2.23. The Hall–Kier alpha value is -1.86. The lowest BCUT2D eigenvalue weighted by Crippen LogP contribution is -2.24. The molecule has 0 spiro atoms. The van der Waals surface area contributed by atoms with Crippen molar-refractivity contribution in [3.8, 4) is 5.75 Å². The van der Waals surface area contributed by atoms with Crippen molar-refractivity contribution in [1.29, 1.82) is 0 Å². The van der Waals surface area contributed by atoms with Crippen LogP contribution in [-0.4, -0.2) is 20.7 Å². The molecule has 0 radical (unpaired) electrons. The highest BCUT2D eigenvalue weighted by molar-refractivity contribution is 7.89. The first-order chi connectivity index (χ1) is 10.3. The number of hydrogen-bond donors (Lipinski definition) is 1. The lowest BCUT2D eigenvalue weighted by molar-refractivity contribution is 0.390. The number of aromatic nitrogens is 1. The van der Waals surface area contributed by atoms with Gasteiger partial charge in [0.25, 0.3) is 0 Å². The Morgan fingerprint density at radius 2 is 1.86 bits per heavy atom. The van der Waals surface area contributed by atoms with Crippen LogP contribution in [0, 0.1) is 27.7 Å². The predicted molar refractivity (Wildman–Crippen MR) is 82.5 cm³/mol. The largest absolute Gasteiger partial charge is 0.496 e. The summed E-state index contributed by atoms with van der Waals surface area (Å²) in [5, 5.41) is 3.68. The molecule has 7 heteroatoms. The highest BCUT2D eigenvalue weighted by atomic mass is 32.2. The summed E-state index contributed by atoms with van der Waals surface area (Å²) in [7, 11) is -2.05. The summed E-state index contributed by atoms with van der Waals surface area (Å²) in [6.07, 6.45) is 0. The number of ether oxygens (including phenoxy) is 1. The van der Waals surface area contributed by atoms with Crippen LogP contribution in [0.4, 0.5) is 0 Å². The van der Waals surface area contributed by atoms with Gasteiger partial charge in [-0.1, -0.05) is 11.2 Å². The van der Waals surface area contributed by atoms with Gasteiger partial charge in [0.15, 0.2) is 5.76 Å². The van der Waals surface area contributed by atoms with E-state index in [1.807, 2.05) is 26.0 Å². The molecule has 1 heterocycles. The van der Waals surface area contributed by atoms with E-state index in [4.69, 9.17) is 9.26 Å². The van der Waals surface area contributed by atoms with Crippen molar-refractivity contribution in [3.05, 3.63) is 40.3 Å². The van der Waals surface area contributed by atoms with E-state index in [2.05, 4.69) is 9.88 Å². The molecule has 0 amide bonds. The molecule has 0 aliphatic rings. The molecule has 0 fully saturated rings. The minimum absolute atomic E-state index is 0.107. The predicted octanol–water partition coefficient (Wildman–Crippen LogP) is 2.40. The van der Waals surface area contributed by atoms with Gasteiger partial charge in [-0.05, 0) is 50.5 Å². The third-order valence-electron chi connectivity index (χ3n) is 3.54. The van der Waals surface area contributed by atoms with E-state index in [1.54, 1.807) is 21.0 Å². The molecule has 22 heavy (non-hydrogen) atoms. The van der Waals surface area contributed by atoms with Crippen LogP contribution in [0.2, 0.25) is 0 Å². The fourth-order valence-electron chi connectivity index (χ4n) is 2.36. The highest BCUT2D eigenvalue weighted by Gasteiger charge is 2.24. The van der Waals surface area contributed by atoms with E-state index in [0.717, 1.165) is 22.4 Å². The molecule has 0 saturated carbocycles. The van der Waals surface area contributed by atoms with Crippen molar-refractivity contribution in [3.63, 3.8) is 0 Å².